The van der Waals surface area contributed by atoms with E-state index in [0.717, 1.165) is 10.6 Å². The summed E-state index contributed by atoms with van der Waals surface area (Å²) in [6.45, 7) is 0. The maximum atomic E-state index is 10.9. The lowest BCUT2D eigenvalue weighted by Gasteiger charge is -1.94. The summed E-state index contributed by atoms with van der Waals surface area (Å²) in [5.74, 6) is 0. The van der Waals surface area contributed by atoms with Crippen LogP contribution in [0.3, 0.4) is 0 Å². The molecule has 0 spiro atoms. The lowest BCUT2D eigenvalue weighted by atomic mass is 10.3. The SMILES string of the molecule is O=[S@@]1Nc2ccc(Cl)cc2S1. The molecule has 2 nitrogen and oxygen atoms in total. The number of rotatable bonds is 0. The van der Waals surface area contributed by atoms with E-state index in [0.29, 0.717) is 5.02 Å². The first-order chi connectivity index (χ1) is 5.25. The van der Waals surface area contributed by atoms with Crippen LogP contribution in [0.4, 0.5) is 5.69 Å². The Kier molecular flexibility index (Phi) is 1.83. The van der Waals surface area contributed by atoms with Crippen molar-refractivity contribution >= 4 is 38.1 Å². The third-order valence-electron chi connectivity index (χ3n) is 1.30. The van der Waals surface area contributed by atoms with Crippen LogP contribution in [0.15, 0.2) is 23.1 Å². The van der Waals surface area contributed by atoms with Gasteiger partial charge in [0.1, 0.15) is 0 Å². The number of nitrogens with one attached hydrogen (secondary N) is 1. The van der Waals surface area contributed by atoms with E-state index in [1.54, 1.807) is 12.1 Å². The molecular weight excluding hydrogens is 202 g/mol. The van der Waals surface area contributed by atoms with Crippen LogP contribution in [-0.4, -0.2) is 4.21 Å². The number of hydrogen-bond acceptors (Lipinski definition) is 2. The molecule has 2 rings (SSSR count). The first-order valence-corrected chi connectivity index (χ1v) is 5.78. The summed E-state index contributed by atoms with van der Waals surface area (Å²) in [6, 6.07) is 5.41. The summed E-state index contributed by atoms with van der Waals surface area (Å²) < 4.78 is 13.7. The van der Waals surface area contributed by atoms with Crippen LogP contribution in [0.25, 0.3) is 0 Å². The zero-order valence-electron chi connectivity index (χ0n) is 5.33. The highest BCUT2D eigenvalue weighted by molar-refractivity contribution is 8.70. The monoisotopic (exact) mass is 205 g/mol. The standard InChI is InChI=1S/C6H4ClNOS2/c7-4-1-2-5-6(3-4)10-11(9)8-5/h1-3,8H/t11-/m0/s1. The Morgan fingerprint density at radius 3 is 3.18 bits per heavy atom. The third-order valence-corrected chi connectivity index (χ3v) is 3.84. The third kappa shape index (κ3) is 1.38. The molecule has 0 unspecified atom stereocenters. The Labute approximate surface area is 75.3 Å². The minimum absolute atomic E-state index is 0.678. The van der Waals surface area contributed by atoms with Gasteiger partial charge in [0.05, 0.1) is 5.69 Å². The Morgan fingerprint density at radius 2 is 2.36 bits per heavy atom. The minimum Gasteiger partial charge on any atom is -0.295 e. The molecule has 5 heteroatoms. The summed E-state index contributed by atoms with van der Waals surface area (Å²) in [7, 11) is 0.262. The average Bonchev–Trinajstić information content (AvgIpc) is 2.27. The molecule has 0 aromatic heterocycles. The molecule has 1 aliphatic heterocycles. The molecule has 1 heterocycles. The summed E-state index contributed by atoms with van der Waals surface area (Å²) in [5, 5.41) is 0.678. The Morgan fingerprint density at radius 1 is 1.55 bits per heavy atom. The van der Waals surface area contributed by atoms with Crippen molar-refractivity contribution in [2.45, 2.75) is 4.90 Å². The van der Waals surface area contributed by atoms with Gasteiger partial charge in [-0.25, -0.2) is 4.21 Å². The van der Waals surface area contributed by atoms with Crippen LogP contribution in [0.1, 0.15) is 0 Å². The van der Waals surface area contributed by atoms with E-state index in [2.05, 4.69) is 4.72 Å². The van der Waals surface area contributed by atoms with Crippen LogP contribution in [0.5, 0.6) is 0 Å². The van der Waals surface area contributed by atoms with Gasteiger partial charge in [-0.15, -0.1) is 0 Å². The van der Waals surface area contributed by atoms with Gasteiger partial charge >= 0.3 is 0 Å². The van der Waals surface area contributed by atoms with Gasteiger partial charge in [0.2, 0.25) is 0 Å². The van der Waals surface area contributed by atoms with Crippen molar-refractivity contribution < 1.29 is 4.21 Å². The van der Waals surface area contributed by atoms with Gasteiger partial charge in [-0.05, 0) is 29.0 Å². The molecule has 0 fully saturated rings. The fraction of sp³-hybridized carbons (Fsp3) is 0. The van der Waals surface area contributed by atoms with Gasteiger partial charge in [0.15, 0.2) is 10.0 Å². The Bertz CT molecular complexity index is 328. The van der Waals surface area contributed by atoms with E-state index in [4.69, 9.17) is 11.6 Å². The van der Waals surface area contributed by atoms with E-state index in [-0.39, 0.29) is 0 Å². The largest absolute Gasteiger partial charge is 0.295 e. The van der Waals surface area contributed by atoms with Crippen LogP contribution in [0, 0.1) is 0 Å². The fourth-order valence-corrected chi connectivity index (χ4v) is 3.39. The Hall–Kier alpha value is -0.190. The second kappa shape index (κ2) is 2.69. The number of halogens is 1. The summed E-state index contributed by atoms with van der Waals surface area (Å²) in [4.78, 5) is 0.954. The van der Waals surface area contributed by atoms with Crippen molar-refractivity contribution in [1.82, 2.24) is 0 Å². The van der Waals surface area contributed by atoms with Crippen LogP contribution < -0.4 is 4.72 Å². The predicted octanol–water partition coefficient (Wildman–Crippen LogP) is 2.44. The molecule has 1 aliphatic rings. The molecule has 0 bridgehead atoms. The molecule has 58 valence electrons. The van der Waals surface area contributed by atoms with Gasteiger partial charge in [-0.3, -0.25) is 4.72 Å². The van der Waals surface area contributed by atoms with Crippen LogP contribution >= 0.6 is 22.4 Å². The van der Waals surface area contributed by atoms with Gasteiger partial charge in [0, 0.05) is 9.92 Å². The Balaban J connectivity index is 2.51. The van der Waals surface area contributed by atoms with Crippen molar-refractivity contribution in [2.24, 2.45) is 0 Å². The van der Waals surface area contributed by atoms with E-state index < -0.39 is 10.0 Å². The van der Waals surface area contributed by atoms with E-state index in [9.17, 15) is 4.21 Å². The van der Waals surface area contributed by atoms with E-state index in [1.165, 1.54) is 10.8 Å². The highest BCUT2D eigenvalue weighted by atomic mass is 35.5. The quantitative estimate of drug-likeness (QED) is 0.660. The molecule has 0 aliphatic carbocycles. The summed E-state index contributed by atoms with van der Waals surface area (Å²) in [6.07, 6.45) is 0. The van der Waals surface area contributed by atoms with Gasteiger partial charge in [0.25, 0.3) is 0 Å². The molecule has 0 radical (unpaired) electrons. The van der Waals surface area contributed by atoms with Gasteiger partial charge in [-0.2, -0.15) is 0 Å². The normalized spacial score (nSPS) is 21.0. The van der Waals surface area contributed by atoms with Gasteiger partial charge < -0.3 is 0 Å². The topological polar surface area (TPSA) is 29.1 Å². The molecule has 0 amide bonds. The molecule has 1 aromatic carbocycles. The van der Waals surface area contributed by atoms with Crippen molar-refractivity contribution in [3.8, 4) is 0 Å². The molecule has 1 N–H and O–H groups in total. The van der Waals surface area contributed by atoms with Crippen LogP contribution in [0.2, 0.25) is 5.02 Å². The maximum absolute atomic E-state index is 10.9. The molecule has 0 saturated carbocycles. The first-order valence-electron chi connectivity index (χ1n) is 2.92. The highest BCUT2D eigenvalue weighted by Crippen LogP contribution is 2.38. The van der Waals surface area contributed by atoms with Crippen molar-refractivity contribution in [3.63, 3.8) is 0 Å². The lowest BCUT2D eigenvalue weighted by molar-refractivity contribution is 0.694. The zero-order valence-corrected chi connectivity index (χ0v) is 7.72. The maximum Gasteiger partial charge on any atom is 0.184 e. The van der Waals surface area contributed by atoms with Gasteiger partial charge in [-0.1, -0.05) is 11.6 Å². The first kappa shape index (κ1) is 7.46. The highest BCUT2D eigenvalue weighted by Gasteiger charge is 2.16. The second-order valence-corrected chi connectivity index (χ2v) is 5.19. The van der Waals surface area contributed by atoms with E-state index >= 15 is 0 Å². The van der Waals surface area contributed by atoms with Crippen molar-refractivity contribution in [3.05, 3.63) is 23.2 Å². The zero-order chi connectivity index (χ0) is 7.84. The van der Waals surface area contributed by atoms with Crippen molar-refractivity contribution in [1.29, 1.82) is 0 Å². The number of anilines is 1. The van der Waals surface area contributed by atoms with Crippen molar-refractivity contribution in [2.75, 3.05) is 4.72 Å². The smallest absolute Gasteiger partial charge is 0.184 e. The fourth-order valence-electron chi connectivity index (χ4n) is 0.842. The lowest BCUT2D eigenvalue weighted by Crippen LogP contribution is -1.89. The molecule has 1 atom stereocenters. The van der Waals surface area contributed by atoms with Crippen LogP contribution in [-0.2, 0) is 10.0 Å². The average molecular weight is 206 g/mol. The second-order valence-electron chi connectivity index (χ2n) is 2.06. The summed E-state index contributed by atoms with van der Waals surface area (Å²) in [5.41, 5.74) is 0.901. The minimum atomic E-state index is -1.02. The molecule has 1 aromatic rings. The predicted molar refractivity (Wildman–Crippen MR) is 49.1 cm³/mol. The number of fused-ring (bicyclic) bond motifs is 1. The molecule has 11 heavy (non-hydrogen) atoms. The summed E-state index contributed by atoms with van der Waals surface area (Å²) >= 11 is 5.73. The number of hydrogen-bond donors (Lipinski definition) is 1. The van der Waals surface area contributed by atoms with E-state index in [1.807, 2.05) is 6.07 Å². The molecular formula is C6H4ClNOS2. The molecule has 0 saturated heterocycles. The number of benzene rings is 1.